The third-order valence-corrected chi connectivity index (χ3v) is 7.97. The summed E-state index contributed by atoms with van der Waals surface area (Å²) >= 11 is 7.71. The van der Waals surface area contributed by atoms with Crippen LogP contribution in [-0.2, 0) is 17.1 Å². The molecule has 40 heavy (non-hydrogen) atoms. The molecule has 216 valence electrons. The van der Waals surface area contributed by atoms with Crippen LogP contribution in [0.2, 0.25) is 5.02 Å². The molecule has 0 amide bonds. The van der Waals surface area contributed by atoms with Gasteiger partial charge in [0.15, 0.2) is 0 Å². The number of piperazine rings is 1. The maximum atomic E-state index is 13.0. The Balaban J connectivity index is 1.30. The summed E-state index contributed by atoms with van der Waals surface area (Å²) in [7, 11) is 0. The van der Waals surface area contributed by atoms with Gasteiger partial charge in [-0.05, 0) is 59.7 Å². The summed E-state index contributed by atoms with van der Waals surface area (Å²) in [6, 6.07) is 16.9. The SMILES string of the molecule is FC(F)(F)c1ccc(C(OCCN2CCN(CCSc3ccc(Cl)cc3)CC2)c2ccc(C(F)(F)F)cc2)cc1. The molecular weight excluding hydrogens is 574 g/mol. The molecule has 1 aliphatic rings. The average molecular weight is 603 g/mol. The molecule has 0 aliphatic carbocycles. The Morgan fingerprint density at radius 3 is 1.57 bits per heavy atom. The van der Waals surface area contributed by atoms with Crippen LogP contribution < -0.4 is 0 Å². The first-order chi connectivity index (χ1) is 19.0. The quantitative estimate of drug-likeness (QED) is 0.173. The van der Waals surface area contributed by atoms with Crippen molar-refractivity contribution in [3.05, 3.63) is 100 Å². The first-order valence-electron chi connectivity index (χ1n) is 12.8. The van der Waals surface area contributed by atoms with Crippen molar-refractivity contribution in [1.29, 1.82) is 0 Å². The molecule has 0 saturated carbocycles. The standard InChI is InChI=1S/C29H29ClF6N2OS/c30-25-9-11-26(12-10-25)40-20-18-38-15-13-37(14-16-38)17-19-39-27(21-1-5-23(6-2-21)28(31,32)33)22-3-7-24(8-4-22)29(34,35)36/h1-12,27H,13-20H2. The lowest BCUT2D eigenvalue weighted by molar-refractivity contribution is -0.138. The van der Waals surface area contributed by atoms with E-state index in [1.165, 1.54) is 29.2 Å². The monoisotopic (exact) mass is 602 g/mol. The van der Waals surface area contributed by atoms with Crippen LogP contribution in [0.5, 0.6) is 0 Å². The zero-order valence-corrected chi connectivity index (χ0v) is 23.1. The lowest BCUT2D eigenvalue weighted by atomic mass is 9.99. The smallest absolute Gasteiger partial charge is 0.367 e. The van der Waals surface area contributed by atoms with Gasteiger partial charge in [-0.25, -0.2) is 0 Å². The van der Waals surface area contributed by atoms with Crippen molar-refractivity contribution in [2.24, 2.45) is 0 Å². The molecule has 0 bridgehead atoms. The largest absolute Gasteiger partial charge is 0.416 e. The Hall–Kier alpha value is -2.24. The van der Waals surface area contributed by atoms with Crippen molar-refractivity contribution in [2.75, 3.05) is 51.6 Å². The topological polar surface area (TPSA) is 15.7 Å². The average Bonchev–Trinajstić information content (AvgIpc) is 2.92. The number of thioether (sulfide) groups is 1. The van der Waals surface area contributed by atoms with E-state index in [1.54, 1.807) is 11.8 Å². The van der Waals surface area contributed by atoms with E-state index in [0.29, 0.717) is 17.7 Å². The minimum absolute atomic E-state index is 0.277. The Morgan fingerprint density at radius 2 is 1.12 bits per heavy atom. The summed E-state index contributed by atoms with van der Waals surface area (Å²) in [6.07, 6.45) is -9.77. The maximum absolute atomic E-state index is 13.0. The van der Waals surface area contributed by atoms with Gasteiger partial charge >= 0.3 is 12.4 Å². The van der Waals surface area contributed by atoms with E-state index in [9.17, 15) is 26.3 Å². The van der Waals surface area contributed by atoms with E-state index >= 15 is 0 Å². The van der Waals surface area contributed by atoms with Gasteiger partial charge in [-0.2, -0.15) is 26.3 Å². The van der Waals surface area contributed by atoms with Gasteiger partial charge in [-0.1, -0.05) is 35.9 Å². The molecule has 0 unspecified atom stereocenters. The van der Waals surface area contributed by atoms with Gasteiger partial charge in [0.05, 0.1) is 17.7 Å². The molecule has 4 rings (SSSR count). The summed E-state index contributed by atoms with van der Waals surface area (Å²) in [5, 5.41) is 0.717. The Labute approximate surface area is 239 Å². The fraction of sp³-hybridized carbons (Fsp3) is 0.379. The third kappa shape index (κ3) is 8.88. The maximum Gasteiger partial charge on any atom is 0.416 e. The van der Waals surface area contributed by atoms with E-state index in [1.807, 2.05) is 24.3 Å². The molecule has 0 atom stereocenters. The number of halogens is 7. The highest BCUT2D eigenvalue weighted by molar-refractivity contribution is 7.99. The summed E-state index contributed by atoms with van der Waals surface area (Å²) in [5.74, 6) is 0.965. The highest BCUT2D eigenvalue weighted by Gasteiger charge is 2.32. The van der Waals surface area contributed by atoms with Gasteiger partial charge in [-0.3, -0.25) is 9.80 Å². The van der Waals surface area contributed by atoms with Crippen molar-refractivity contribution in [3.63, 3.8) is 0 Å². The van der Waals surface area contributed by atoms with Gasteiger partial charge in [-0.15, -0.1) is 11.8 Å². The van der Waals surface area contributed by atoms with E-state index < -0.39 is 29.6 Å². The number of benzene rings is 3. The minimum atomic E-state index is -4.49. The minimum Gasteiger partial charge on any atom is -0.367 e. The van der Waals surface area contributed by atoms with Crippen molar-refractivity contribution < 1.29 is 31.1 Å². The number of ether oxygens (including phenoxy) is 1. The molecule has 3 nitrogen and oxygen atoms in total. The number of hydrogen-bond acceptors (Lipinski definition) is 4. The highest BCUT2D eigenvalue weighted by atomic mass is 35.5. The first-order valence-corrected chi connectivity index (χ1v) is 14.1. The molecule has 11 heteroatoms. The predicted octanol–water partition coefficient (Wildman–Crippen LogP) is 7.89. The summed E-state index contributed by atoms with van der Waals surface area (Å²) < 4.78 is 84.3. The molecule has 0 aromatic heterocycles. The van der Waals surface area contributed by atoms with Crippen LogP contribution in [0.4, 0.5) is 26.3 Å². The van der Waals surface area contributed by atoms with Gasteiger partial charge < -0.3 is 4.74 Å². The highest BCUT2D eigenvalue weighted by Crippen LogP contribution is 2.34. The molecule has 1 aliphatic heterocycles. The van der Waals surface area contributed by atoms with Crippen LogP contribution in [-0.4, -0.2) is 61.4 Å². The van der Waals surface area contributed by atoms with E-state index in [2.05, 4.69) is 9.80 Å². The van der Waals surface area contributed by atoms with E-state index in [4.69, 9.17) is 16.3 Å². The van der Waals surface area contributed by atoms with Crippen LogP contribution >= 0.6 is 23.4 Å². The predicted molar refractivity (Wildman–Crippen MR) is 146 cm³/mol. The Kier molecular flexibility index (Phi) is 10.5. The number of hydrogen-bond donors (Lipinski definition) is 0. The molecular formula is C29H29ClF6N2OS. The fourth-order valence-corrected chi connectivity index (χ4v) is 5.48. The normalized spacial score (nSPS) is 15.6. The summed E-state index contributed by atoms with van der Waals surface area (Å²) in [4.78, 5) is 5.82. The van der Waals surface area contributed by atoms with Gasteiger partial charge in [0.2, 0.25) is 0 Å². The second-order valence-electron chi connectivity index (χ2n) is 9.48. The molecule has 0 radical (unpaired) electrons. The molecule has 0 spiro atoms. The van der Waals surface area contributed by atoms with E-state index in [-0.39, 0.29) is 6.61 Å². The molecule has 3 aromatic carbocycles. The second kappa shape index (κ2) is 13.6. The molecule has 1 heterocycles. The van der Waals surface area contributed by atoms with Crippen molar-refractivity contribution >= 4 is 23.4 Å². The third-order valence-electron chi connectivity index (χ3n) is 6.73. The molecule has 1 fully saturated rings. The molecule has 3 aromatic rings. The van der Waals surface area contributed by atoms with Crippen LogP contribution in [0.1, 0.15) is 28.4 Å². The van der Waals surface area contributed by atoms with Crippen LogP contribution in [0.15, 0.2) is 77.7 Å². The van der Waals surface area contributed by atoms with Crippen LogP contribution in [0.25, 0.3) is 0 Å². The summed E-state index contributed by atoms with van der Waals surface area (Å²) in [5.41, 5.74) is -0.717. The Bertz CT molecular complexity index is 1140. The van der Waals surface area contributed by atoms with Crippen LogP contribution in [0.3, 0.4) is 0 Å². The lowest BCUT2D eigenvalue weighted by Crippen LogP contribution is -2.47. The van der Waals surface area contributed by atoms with E-state index in [0.717, 1.165) is 67.8 Å². The van der Waals surface area contributed by atoms with Gasteiger partial charge in [0.1, 0.15) is 6.10 Å². The number of nitrogens with zero attached hydrogens (tertiary/aromatic N) is 2. The van der Waals surface area contributed by atoms with Gasteiger partial charge in [0.25, 0.3) is 0 Å². The second-order valence-corrected chi connectivity index (χ2v) is 11.1. The fourth-order valence-electron chi connectivity index (χ4n) is 4.44. The Morgan fingerprint density at radius 1 is 0.675 bits per heavy atom. The molecule has 1 saturated heterocycles. The first kappa shape index (κ1) is 30.7. The zero-order chi connectivity index (χ0) is 28.8. The van der Waals surface area contributed by atoms with Crippen molar-refractivity contribution in [2.45, 2.75) is 23.4 Å². The number of alkyl halides is 6. The van der Waals surface area contributed by atoms with Crippen molar-refractivity contribution in [1.82, 2.24) is 9.80 Å². The lowest BCUT2D eigenvalue weighted by Gasteiger charge is -2.34. The zero-order valence-electron chi connectivity index (χ0n) is 21.5. The number of rotatable bonds is 10. The molecule has 0 N–H and O–H groups in total. The van der Waals surface area contributed by atoms with Crippen molar-refractivity contribution in [3.8, 4) is 0 Å². The van der Waals surface area contributed by atoms with Crippen LogP contribution in [0, 0.1) is 0 Å². The summed E-state index contributed by atoms with van der Waals surface area (Å²) in [6.45, 7) is 5.34. The van der Waals surface area contributed by atoms with Gasteiger partial charge in [0, 0.05) is 54.9 Å².